The van der Waals surface area contributed by atoms with E-state index in [0.29, 0.717) is 11.6 Å². The summed E-state index contributed by atoms with van der Waals surface area (Å²) in [5.41, 5.74) is 0. The van der Waals surface area contributed by atoms with Crippen LogP contribution >= 0.6 is 23.4 Å². The fraction of sp³-hybridized carbons (Fsp3) is 1.00. The largest absolute Gasteiger partial charge is 0.522 e. The first-order valence-electron chi connectivity index (χ1n) is 3.34. The Hall–Kier alpha value is 0.390. The van der Waals surface area contributed by atoms with Gasteiger partial charge in [0.25, 0.3) is 0 Å². The zero-order valence-electron chi connectivity index (χ0n) is 6.53. The lowest BCUT2D eigenvalue weighted by Gasteiger charge is -2.09. The third-order valence-corrected chi connectivity index (χ3v) is 2.75. The van der Waals surface area contributed by atoms with Gasteiger partial charge in [-0.15, -0.1) is 24.8 Å². The second-order valence-corrected chi connectivity index (χ2v) is 3.98. The van der Waals surface area contributed by atoms with Crippen LogP contribution in [0.1, 0.15) is 6.92 Å². The van der Waals surface area contributed by atoms with Gasteiger partial charge in [0.15, 0.2) is 0 Å². The van der Waals surface area contributed by atoms with Crippen molar-refractivity contribution in [2.45, 2.75) is 18.5 Å². The number of hydrogen-bond acceptors (Lipinski definition) is 2. The molecule has 0 N–H and O–H groups in total. The highest BCUT2D eigenvalue weighted by Crippen LogP contribution is 2.18. The Morgan fingerprint density at radius 1 is 1.50 bits per heavy atom. The Bertz CT molecular complexity index is 120. The Morgan fingerprint density at radius 2 is 2.08 bits per heavy atom. The maximum Gasteiger partial charge on any atom is 0.522 e. The van der Waals surface area contributed by atoms with E-state index >= 15 is 0 Å². The molecule has 0 spiro atoms. The van der Waals surface area contributed by atoms with Crippen molar-refractivity contribution in [1.29, 1.82) is 0 Å². The summed E-state index contributed by atoms with van der Waals surface area (Å²) in [6.45, 7) is 1.54. The molecule has 74 valence electrons. The standard InChI is InChI=1S/C6H10ClF3OS/c1-5(4-7)12-3-2-11-6(8,9)10/h5H,2-4H2,1H3. The van der Waals surface area contributed by atoms with Gasteiger partial charge in [0.1, 0.15) is 0 Å². The van der Waals surface area contributed by atoms with Crippen molar-refractivity contribution in [2.24, 2.45) is 0 Å². The van der Waals surface area contributed by atoms with Crippen LogP contribution in [0.4, 0.5) is 13.2 Å². The van der Waals surface area contributed by atoms with Gasteiger partial charge < -0.3 is 0 Å². The van der Waals surface area contributed by atoms with Crippen LogP contribution in [0.3, 0.4) is 0 Å². The van der Waals surface area contributed by atoms with E-state index in [1.807, 2.05) is 6.92 Å². The van der Waals surface area contributed by atoms with Gasteiger partial charge in [-0.25, -0.2) is 0 Å². The zero-order valence-corrected chi connectivity index (χ0v) is 8.10. The number of alkyl halides is 4. The highest BCUT2D eigenvalue weighted by molar-refractivity contribution is 7.99. The van der Waals surface area contributed by atoms with Crippen molar-refractivity contribution in [3.8, 4) is 0 Å². The SMILES string of the molecule is CC(CCl)SCCOC(F)(F)F. The number of thioether (sulfide) groups is 1. The Morgan fingerprint density at radius 3 is 2.50 bits per heavy atom. The van der Waals surface area contributed by atoms with E-state index in [-0.39, 0.29) is 11.9 Å². The summed E-state index contributed by atoms with van der Waals surface area (Å²) in [6, 6.07) is 0. The summed E-state index contributed by atoms with van der Waals surface area (Å²) in [7, 11) is 0. The van der Waals surface area contributed by atoms with E-state index in [4.69, 9.17) is 11.6 Å². The monoisotopic (exact) mass is 222 g/mol. The lowest BCUT2D eigenvalue weighted by Crippen LogP contribution is -2.16. The number of ether oxygens (including phenoxy) is 1. The molecule has 0 saturated heterocycles. The summed E-state index contributed by atoms with van der Waals surface area (Å²) < 4.78 is 37.8. The molecule has 0 heterocycles. The normalized spacial score (nSPS) is 14.8. The fourth-order valence-electron chi connectivity index (χ4n) is 0.451. The van der Waals surface area contributed by atoms with Crippen LogP contribution in [0, 0.1) is 0 Å². The molecule has 1 nitrogen and oxygen atoms in total. The van der Waals surface area contributed by atoms with E-state index in [0.717, 1.165) is 0 Å². The van der Waals surface area contributed by atoms with Gasteiger partial charge in [-0.2, -0.15) is 11.8 Å². The van der Waals surface area contributed by atoms with Crippen molar-refractivity contribution in [3.05, 3.63) is 0 Å². The van der Waals surface area contributed by atoms with Crippen LogP contribution in [-0.4, -0.2) is 29.9 Å². The van der Waals surface area contributed by atoms with Crippen LogP contribution in [0.5, 0.6) is 0 Å². The van der Waals surface area contributed by atoms with Crippen LogP contribution in [0.25, 0.3) is 0 Å². The fourth-order valence-corrected chi connectivity index (χ4v) is 1.39. The summed E-state index contributed by atoms with van der Waals surface area (Å²) in [4.78, 5) is 0. The van der Waals surface area contributed by atoms with Crippen LogP contribution in [-0.2, 0) is 4.74 Å². The van der Waals surface area contributed by atoms with Crippen LogP contribution in [0.15, 0.2) is 0 Å². The minimum absolute atomic E-state index is 0.170. The van der Waals surface area contributed by atoms with Gasteiger partial charge in [-0.05, 0) is 0 Å². The molecule has 0 aromatic rings. The highest BCUT2D eigenvalue weighted by atomic mass is 35.5. The Balaban J connectivity index is 3.22. The first-order chi connectivity index (χ1) is 5.45. The van der Waals surface area contributed by atoms with E-state index in [1.54, 1.807) is 0 Å². The number of halogens is 4. The van der Waals surface area contributed by atoms with Crippen molar-refractivity contribution >= 4 is 23.4 Å². The molecule has 0 fully saturated rings. The maximum absolute atomic E-state index is 11.4. The van der Waals surface area contributed by atoms with Crippen molar-refractivity contribution in [3.63, 3.8) is 0 Å². The maximum atomic E-state index is 11.4. The zero-order chi connectivity index (χ0) is 9.61. The quantitative estimate of drug-likeness (QED) is 0.523. The van der Waals surface area contributed by atoms with Crippen LogP contribution < -0.4 is 0 Å². The molecular weight excluding hydrogens is 213 g/mol. The molecule has 6 heteroatoms. The third-order valence-electron chi connectivity index (χ3n) is 0.969. The number of hydrogen-bond donors (Lipinski definition) is 0. The second kappa shape index (κ2) is 5.94. The van der Waals surface area contributed by atoms with E-state index in [9.17, 15) is 13.2 Å². The Kier molecular flexibility index (Phi) is 6.13. The highest BCUT2D eigenvalue weighted by Gasteiger charge is 2.28. The van der Waals surface area contributed by atoms with Crippen molar-refractivity contribution < 1.29 is 17.9 Å². The predicted molar refractivity (Wildman–Crippen MR) is 44.6 cm³/mol. The molecular formula is C6H10ClF3OS. The minimum atomic E-state index is -4.51. The molecule has 0 aliphatic carbocycles. The van der Waals surface area contributed by atoms with Crippen molar-refractivity contribution in [1.82, 2.24) is 0 Å². The smallest absolute Gasteiger partial charge is 0.291 e. The Labute approximate surface area is 78.6 Å². The summed E-state index contributed by atoms with van der Waals surface area (Å²) >= 11 is 6.80. The molecule has 0 aromatic carbocycles. The lowest BCUT2D eigenvalue weighted by molar-refractivity contribution is -0.322. The first-order valence-corrected chi connectivity index (χ1v) is 4.92. The molecule has 0 aromatic heterocycles. The van der Waals surface area contributed by atoms with Gasteiger partial charge in [-0.1, -0.05) is 6.92 Å². The average molecular weight is 223 g/mol. The van der Waals surface area contributed by atoms with E-state index in [2.05, 4.69) is 4.74 Å². The molecule has 12 heavy (non-hydrogen) atoms. The topological polar surface area (TPSA) is 9.23 Å². The van der Waals surface area contributed by atoms with Gasteiger partial charge in [0, 0.05) is 16.9 Å². The molecule has 0 aliphatic rings. The van der Waals surface area contributed by atoms with Gasteiger partial charge in [0.2, 0.25) is 0 Å². The average Bonchev–Trinajstić information content (AvgIpc) is 1.96. The number of rotatable bonds is 5. The lowest BCUT2D eigenvalue weighted by atomic mass is 10.6. The molecule has 1 atom stereocenters. The molecule has 0 aliphatic heterocycles. The van der Waals surface area contributed by atoms with Crippen molar-refractivity contribution in [2.75, 3.05) is 18.2 Å². The van der Waals surface area contributed by atoms with E-state index in [1.165, 1.54) is 11.8 Å². The summed E-state index contributed by atoms with van der Waals surface area (Å²) in [5, 5.41) is 0.170. The predicted octanol–water partition coefficient (Wildman–Crippen LogP) is 2.88. The van der Waals surface area contributed by atoms with Gasteiger partial charge >= 0.3 is 6.36 Å². The van der Waals surface area contributed by atoms with Crippen LogP contribution in [0.2, 0.25) is 0 Å². The van der Waals surface area contributed by atoms with Gasteiger partial charge in [-0.3, -0.25) is 4.74 Å². The third kappa shape index (κ3) is 8.49. The summed E-state index contributed by atoms with van der Waals surface area (Å²) in [5.74, 6) is 0.754. The molecule has 0 radical (unpaired) electrons. The molecule has 0 amide bonds. The molecule has 0 bridgehead atoms. The summed E-state index contributed by atoms with van der Waals surface area (Å²) in [6.07, 6.45) is -4.51. The molecule has 0 saturated carbocycles. The van der Waals surface area contributed by atoms with Gasteiger partial charge in [0.05, 0.1) is 6.61 Å². The molecule has 0 rings (SSSR count). The van der Waals surface area contributed by atoms with E-state index < -0.39 is 6.36 Å². The second-order valence-electron chi connectivity index (χ2n) is 2.13. The minimum Gasteiger partial charge on any atom is -0.291 e. The first kappa shape index (κ1) is 12.4. The molecule has 1 unspecified atom stereocenters.